The second-order valence-electron chi connectivity index (χ2n) is 4.97. The fraction of sp³-hybridized carbons (Fsp3) is 0.412. The van der Waals surface area contributed by atoms with Crippen molar-refractivity contribution in [2.45, 2.75) is 20.0 Å². The van der Waals surface area contributed by atoms with Gasteiger partial charge in [-0.2, -0.15) is 0 Å². The lowest BCUT2D eigenvalue weighted by Gasteiger charge is -2.16. The van der Waals surface area contributed by atoms with Crippen LogP contribution in [0.3, 0.4) is 0 Å². The fourth-order valence-corrected chi connectivity index (χ4v) is 1.90. The Morgan fingerprint density at radius 3 is 2.10 bits per heavy atom. The van der Waals surface area contributed by atoms with Crippen LogP contribution in [0.1, 0.15) is 13.8 Å². The van der Waals surface area contributed by atoms with Gasteiger partial charge in [-0.15, -0.1) is 0 Å². The standard InChI is InChI=1S/C17H25NO2/c1-5-11-18(12-6-2)13-14-19-16-7-9-17(10-8-16)20-15(3)4/h5-10,15H,1-2,11-14H2,3-4H3/p+1. The maximum absolute atomic E-state index is 5.74. The van der Waals surface area contributed by atoms with Gasteiger partial charge < -0.3 is 14.4 Å². The van der Waals surface area contributed by atoms with Crippen LogP contribution in [-0.2, 0) is 0 Å². The lowest BCUT2D eigenvalue weighted by Crippen LogP contribution is -3.12. The first-order valence-electron chi connectivity index (χ1n) is 7.10. The van der Waals surface area contributed by atoms with Crippen LogP contribution in [-0.4, -0.2) is 32.3 Å². The number of quaternary nitrogens is 1. The Balaban J connectivity index is 2.37. The molecule has 0 aliphatic rings. The van der Waals surface area contributed by atoms with Crippen LogP contribution in [0.2, 0.25) is 0 Å². The quantitative estimate of drug-likeness (QED) is 0.661. The summed E-state index contributed by atoms with van der Waals surface area (Å²) in [6.45, 7) is 15.0. The van der Waals surface area contributed by atoms with Crippen LogP contribution in [0.15, 0.2) is 49.6 Å². The third-order valence-electron chi connectivity index (χ3n) is 2.79. The molecule has 1 aromatic carbocycles. The molecule has 1 aromatic rings. The summed E-state index contributed by atoms with van der Waals surface area (Å²) < 4.78 is 11.3. The third kappa shape index (κ3) is 6.43. The summed E-state index contributed by atoms with van der Waals surface area (Å²) in [4.78, 5) is 1.40. The molecule has 0 fully saturated rings. The maximum atomic E-state index is 5.74. The molecule has 0 aliphatic heterocycles. The van der Waals surface area contributed by atoms with Gasteiger partial charge in [-0.3, -0.25) is 0 Å². The van der Waals surface area contributed by atoms with E-state index in [-0.39, 0.29) is 6.10 Å². The lowest BCUT2D eigenvalue weighted by molar-refractivity contribution is -0.888. The minimum atomic E-state index is 0.191. The van der Waals surface area contributed by atoms with Crippen molar-refractivity contribution in [2.75, 3.05) is 26.2 Å². The molecule has 20 heavy (non-hydrogen) atoms. The van der Waals surface area contributed by atoms with Crippen molar-refractivity contribution in [1.82, 2.24) is 0 Å². The smallest absolute Gasteiger partial charge is 0.137 e. The first-order valence-corrected chi connectivity index (χ1v) is 7.10. The molecule has 0 saturated heterocycles. The van der Waals surface area contributed by atoms with Gasteiger partial charge >= 0.3 is 0 Å². The predicted molar refractivity (Wildman–Crippen MR) is 83.7 cm³/mol. The number of nitrogens with one attached hydrogen (secondary N) is 1. The summed E-state index contributed by atoms with van der Waals surface area (Å²) in [5.41, 5.74) is 0. The highest BCUT2D eigenvalue weighted by atomic mass is 16.5. The summed E-state index contributed by atoms with van der Waals surface area (Å²) in [7, 11) is 0. The molecule has 0 aromatic heterocycles. The van der Waals surface area contributed by atoms with E-state index in [1.165, 1.54) is 4.90 Å². The molecule has 0 aliphatic carbocycles. The largest absolute Gasteiger partial charge is 0.491 e. The lowest BCUT2D eigenvalue weighted by atomic mass is 10.3. The molecule has 0 unspecified atom stereocenters. The van der Waals surface area contributed by atoms with Gasteiger partial charge in [-0.1, -0.05) is 13.2 Å². The maximum Gasteiger partial charge on any atom is 0.137 e. The summed E-state index contributed by atoms with van der Waals surface area (Å²) in [5, 5.41) is 0. The fourth-order valence-electron chi connectivity index (χ4n) is 1.90. The van der Waals surface area contributed by atoms with Crippen molar-refractivity contribution >= 4 is 0 Å². The van der Waals surface area contributed by atoms with Crippen molar-refractivity contribution in [1.29, 1.82) is 0 Å². The van der Waals surface area contributed by atoms with Crippen LogP contribution in [0.5, 0.6) is 11.5 Å². The highest BCUT2D eigenvalue weighted by Gasteiger charge is 2.04. The molecule has 0 heterocycles. The SMILES string of the molecule is C=CC[NH+](CC=C)CCOc1ccc(OC(C)C)cc1. The molecule has 0 amide bonds. The van der Waals surface area contributed by atoms with E-state index in [0.29, 0.717) is 6.61 Å². The second kappa shape index (κ2) is 9.21. The zero-order chi connectivity index (χ0) is 14.8. The molecule has 0 radical (unpaired) electrons. The number of hydrogen-bond donors (Lipinski definition) is 1. The summed E-state index contributed by atoms with van der Waals surface area (Å²) in [6.07, 6.45) is 4.05. The molecule has 0 spiro atoms. The van der Waals surface area contributed by atoms with E-state index in [0.717, 1.165) is 31.1 Å². The van der Waals surface area contributed by atoms with E-state index in [2.05, 4.69) is 13.2 Å². The van der Waals surface area contributed by atoms with E-state index < -0.39 is 0 Å². The van der Waals surface area contributed by atoms with E-state index in [9.17, 15) is 0 Å². The zero-order valence-corrected chi connectivity index (χ0v) is 12.6. The van der Waals surface area contributed by atoms with Crippen LogP contribution in [0.25, 0.3) is 0 Å². The monoisotopic (exact) mass is 276 g/mol. The molecule has 3 heteroatoms. The molecule has 3 nitrogen and oxygen atoms in total. The van der Waals surface area contributed by atoms with Gasteiger partial charge in [0.25, 0.3) is 0 Å². The molecule has 0 bridgehead atoms. The minimum absolute atomic E-state index is 0.191. The zero-order valence-electron chi connectivity index (χ0n) is 12.6. The van der Waals surface area contributed by atoms with Crippen molar-refractivity contribution in [3.8, 4) is 11.5 Å². The Labute approximate surface area is 122 Å². The predicted octanol–water partition coefficient (Wildman–Crippen LogP) is 2.11. The van der Waals surface area contributed by atoms with Gasteiger partial charge in [-0.25, -0.2) is 0 Å². The highest BCUT2D eigenvalue weighted by Crippen LogP contribution is 2.18. The molecular formula is C17H26NO2+. The summed E-state index contributed by atoms with van der Waals surface area (Å²) >= 11 is 0. The Bertz CT molecular complexity index is 388. The number of benzene rings is 1. The first kappa shape index (κ1) is 16.3. The number of rotatable bonds is 10. The van der Waals surface area contributed by atoms with Crippen molar-refractivity contribution in [3.05, 3.63) is 49.6 Å². The van der Waals surface area contributed by atoms with E-state index in [1.54, 1.807) is 0 Å². The first-order chi connectivity index (χ1) is 9.65. The molecule has 0 atom stereocenters. The van der Waals surface area contributed by atoms with Crippen molar-refractivity contribution in [3.63, 3.8) is 0 Å². The molecular weight excluding hydrogens is 250 g/mol. The second-order valence-corrected chi connectivity index (χ2v) is 4.97. The molecule has 110 valence electrons. The van der Waals surface area contributed by atoms with Crippen LogP contribution in [0.4, 0.5) is 0 Å². The third-order valence-corrected chi connectivity index (χ3v) is 2.79. The number of ether oxygens (including phenoxy) is 2. The Morgan fingerprint density at radius 1 is 1.05 bits per heavy atom. The topological polar surface area (TPSA) is 22.9 Å². The summed E-state index contributed by atoms with van der Waals surface area (Å²) in [6, 6.07) is 7.76. The van der Waals surface area contributed by atoms with Crippen LogP contribution < -0.4 is 14.4 Å². The minimum Gasteiger partial charge on any atom is -0.491 e. The van der Waals surface area contributed by atoms with Gasteiger partial charge in [-0.05, 0) is 50.3 Å². The van der Waals surface area contributed by atoms with Crippen molar-refractivity contribution in [2.24, 2.45) is 0 Å². The van der Waals surface area contributed by atoms with Gasteiger partial charge in [0.2, 0.25) is 0 Å². The van der Waals surface area contributed by atoms with E-state index >= 15 is 0 Å². The number of hydrogen-bond acceptors (Lipinski definition) is 2. The van der Waals surface area contributed by atoms with Crippen LogP contribution in [0, 0.1) is 0 Å². The highest BCUT2D eigenvalue weighted by molar-refractivity contribution is 5.31. The van der Waals surface area contributed by atoms with Gasteiger partial charge in [0.1, 0.15) is 24.7 Å². The molecule has 0 saturated carbocycles. The average Bonchev–Trinajstić information content (AvgIpc) is 2.40. The van der Waals surface area contributed by atoms with E-state index in [1.807, 2.05) is 50.3 Å². The Hall–Kier alpha value is -1.74. The van der Waals surface area contributed by atoms with Gasteiger partial charge in [0.15, 0.2) is 0 Å². The Morgan fingerprint density at radius 2 is 1.60 bits per heavy atom. The molecule has 1 N–H and O–H groups in total. The van der Waals surface area contributed by atoms with E-state index in [4.69, 9.17) is 9.47 Å². The van der Waals surface area contributed by atoms with Crippen molar-refractivity contribution < 1.29 is 14.4 Å². The van der Waals surface area contributed by atoms with Gasteiger partial charge in [0, 0.05) is 0 Å². The average molecular weight is 276 g/mol. The Kier molecular flexibility index (Phi) is 7.51. The summed E-state index contributed by atoms with van der Waals surface area (Å²) in [5.74, 6) is 1.75. The van der Waals surface area contributed by atoms with Gasteiger partial charge in [0.05, 0.1) is 19.2 Å². The van der Waals surface area contributed by atoms with Crippen LogP contribution >= 0.6 is 0 Å². The normalized spacial score (nSPS) is 10.6. The molecule has 1 rings (SSSR count).